The van der Waals surface area contributed by atoms with Crippen molar-refractivity contribution in [2.75, 3.05) is 18.0 Å². The molecular formula is C32H41N3O5S. The molecule has 0 aliphatic carbocycles. The Morgan fingerprint density at radius 2 is 1.61 bits per heavy atom. The minimum atomic E-state index is -4.11. The van der Waals surface area contributed by atoms with Crippen LogP contribution in [0.25, 0.3) is 0 Å². The number of hydrogen-bond acceptors (Lipinski definition) is 5. The van der Waals surface area contributed by atoms with E-state index in [1.165, 1.54) is 17.0 Å². The van der Waals surface area contributed by atoms with Gasteiger partial charge in [0.15, 0.2) is 0 Å². The van der Waals surface area contributed by atoms with Crippen LogP contribution < -0.4 is 14.4 Å². The smallest absolute Gasteiger partial charge is 0.264 e. The van der Waals surface area contributed by atoms with Crippen molar-refractivity contribution < 1.29 is 22.7 Å². The number of methoxy groups -OCH3 is 1. The number of benzene rings is 3. The maximum absolute atomic E-state index is 14.2. The molecule has 1 unspecified atom stereocenters. The SMILES string of the molecule is CCC(C(=O)NC(C)(C)C)N(Cc1cccc(OC)c1)C(=O)CN(c1ccc(C)c(C)c1)S(=O)(=O)c1ccccc1. The highest BCUT2D eigenvalue weighted by atomic mass is 32.2. The number of carbonyl (C=O) groups excluding carboxylic acids is 2. The predicted octanol–water partition coefficient (Wildman–Crippen LogP) is 5.23. The molecular weight excluding hydrogens is 538 g/mol. The van der Waals surface area contributed by atoms with Gasteiger partial charge in [-0.3, -0.25) is 13.9 Å². The number of rotatable bonds is 11. The summed E-state index contributed by atoms with van der Waals surface area (Å²) in [5.74, 6) is -0.188. The van der Waals surface area contributed by atoms with Crippen molar-refractivity contribution >= 4 is 27.5 Å². The summed E-state index contributed by atoms with van der Waals surface area (Å²) < 4.78 is 34.4. The van der Waals surface area contributed by atoms with E-state index in [0.717, 1.165) is 21.0 Å². The first kappa shape index (κ1) is 31.7. The average molecular weight is 580 g/mol. The number of anilines is 1. The number of hydrogen-bond donors (Lipinski definition) is 1. The van der Waals surface area contributed by atoms with Gasteiger partial charge >= 0.3 is 0 Å². The number of nitrogens with zero attached hydrogens (tertiary/aromatic N) is 2. The lowest BCUT2D eigenvalue weighted by molar-refractivity contribution is -0.141. The predicted molar refractivity (Wildman–Crippen MR) is 162 cm³/mol. The summed E-state index contributed by atoms with van der Waals surface area (Å²) in [7, 11) is -2.55. The molecule has 0 bridgehead atoms. The van der Waals surface area contributed by atoms with Gasteiger partial charge < -0.3 is 15.0 Å². The number of sulfonamides is 1. The summed E-state index contributed by atoms with van der Waals surface area (Å²) in [6.07, 6.45) is 0.340. The fourth-order valence-corrected chi connectivity index (χ4v) is 5.90. The molecule has 1 atom stereocenters. The van der Waals surface area contributed by atoms with Crippen molar-refractivity contribution in [3.05, 3.63) is 89.5 Å². The van der Waals surface area contributed by atoms with Crippen LogP contribution >= 0.6 is 0 Å². The normalized spacial score (nSPS) is 12.4. The van der Waals surface area contributed by atoms with Crippen LogP contribution in [0.2, 0.25) is 0 Å². The number of amides is 2. The second kappa shape index (κ2) is 13.2. The molecule has 3 aromatic carbocycles. The quantitative estimate of drug-likeness (QED) is 0.336. The third kappa shape index (κ3) is 8.10. The second-order valence-electron chi connectivity index (χ2n) is 11.1. The maximum atomic E-state index is 14.2. The Bertz CT molecular complexity index is 1470. The van der Waals surface area contributed by atoms with Gasteiger partial charge in [-0.25, -0.2) is 8.42 Å². The number of carbonyl (C=O) groups is 2. The van der Waals surface area contributed by atoms with Crippen LogP contribution in [0.4, 0.5) is 5.69 Å². The van der Waals surface area contributed by atoms with Crippen molar-refractivity contribution in [2.24, 2.45) is 0 Å². The Balaban J connectivity index is 2.09. The van der Waals surface area contributed by atoms with Gasteiger partial charge in [-0.05, 0) is 94.1 Å². The van der Waals surface area contributed by atoms with Gasteiger partial charge in [0.25, 0.3) is 10.0 Å². The molecule has 9 heteroatoms. The van der Waals surface area contributed by atoms with Crippen LogP contribution in [-0.4, -0.2) is 50.4 Å². The van der Waals surface area contributed by atoms with Crippen LogP contribution in [0, 0.1) is 13.8 Å². The monoisotopic (exact) mass is 579 g/mol. The molecule has 0 heterocycles. The summed E-state index contributed by atoms with van der Waals surface area (Å²) in [4.78, 5) is 29.2. The largest absolute Gasteiger partial charge is 0.497 e. The Morgan fingerprint density at radius 1 is 0.927 bits per heavy atom. The molecule has 8 nitrogen and oxygen atoms in total. The third-order valence-electron chi connectivity index (χ3n) is 6.76. The summed E-state index contributed by atoms with van der Waals surface area (Å²) in [6, 6.07) is 19.8. The molecule has 220 valence electrons. The molecule has 1 N–H and O–H groups in total. The van der Waals surface area contributed by atoms with Crippen LogP contribution in [0.3, 0.4) is 0 Å². The fraction of sp³-hybridized carbons (Fsp3) is 0.375. The van der Waals surface area contributed by atoms with Crippen molar-refractivity contribution in [3.8, 4) is 5.75 Å². The molecule has 41 heavy (non-hydrogen) atoms. The summed E-state index contributed by atoms with van der Waals surface area (Å²) in [5, 5.41) is 2.98. The average Bonchev–Trinajstić information content (AvgIpc) is 2.92. The number of aryl methyl sites for hydroxylation is 2. The molecule has 0 saturated carbocycles. The summed E-state index contributed by atoms with van der Waals surface area (Å²) >= 11 is 0. The molecule has 0 spiro atoms. The second-order valence-corrected chi connectivity index (χ2v) is 13.0. The zero-order valence-corrected chi connectivity index (χ0v) is 25.8. The highest BCUT2D eigenvalue weighted by Gasteiger charge is 2.34. The fourth-order valence-electron chi connectivity index (χ4n) is 4.47. The van der Waals surface area contributed by atoms with E-state index in [9.17, 15) is 18.0 Å². The first-order chi connectivity index (χ1) is 19.3. The van der Waals surface area contributed by atoms with Crippen LogP contribution in [0.5, 0.6) is 5.75 Å². The molecule has 0 saturated heterocycles. The van der Waals surface area contributed by atoms with Crippen LogP contribution in [0.15, 0.2) is 77.7 Å². The minimum absolute atomic E-state index is 0.0721. The highest BCUT2D eigenvalue weighted by molar-refractivity contribution is 7.92. The van der Waals surface area contributed by atoms with E-state index in [2.05, 4.69) is 5.32 Å². The van der Waals surface area contributed by atoms with E-state index in [1.807, 2.05) is 59.7 Å². The summed E-state index contributed by atoms with van der Waals surface area (Å²) in [5.41, 5.74) is 2.51. The van der Waals surface area contributed by atoms with Gasteiger partial charge in [0.05, 0.1) is 17.7 Å². The molecule has 0 radical (unpaired) electrons. The van der Waals surface area contributed by atoms with E-state index >= 15 is 0 Å². The topological polar surface area (TPSA) is 96.0 Å². The van der Waals surface area contributed by atoms with Crippen LogP contribution in [0.1, 0.15) is 50.8 Å². The van der Waals surface area contributed by atoms with Gasteiger partial charge in [0.2, 0.25) is 11.8 Å². The van der Waals surface area contributed by atoms with Gasteiger partial charge in [0, 0.05) is 12.1 Å². The molecule has 0 aliphatic heterocycles. The van der Waals surface area contributed by atoms with E-state index in [4.69, 9.17) is 4.74 Å². The zero-order valence-electron chi connectivity index (χ0n) is 25.0. The lowest BCUT2D eigenvalue weighted by atomic mass is 10.1. The molecule has 3 aromatic rings. The van der Waals surface area contributed by atoms with E-state index < -0.39 is 34.1 Å². The Kier molecular flexibility index (Phi) is 10.2. The first-order valence-corrected chi connectivity index (χ1v) is 15.1. The van der Waals surface area contributed by atoms with Crippen molar-refractivity contribution in [1.82, 2.24) is 10.2 Å². The minimum Gasteiger partial charge on any atom is -0.497 e. The van der Waals surface area contributed by atoms with E-state index in [0.29, 0.717) is 17.9 Å². The Labute approximate surface area is 244 Å². The molecule has 0 aromatic heterocycles. The maximum Gasteiger partial charge on any atom is 0.264 e. The number of ether oxygens (including phenoxy) is 1. The van der Waals surface area contributed by atoms with Gasteiger partial charge in [-0.2, -0.15) is 0 Å². The van der Waals surface area contributed by atoms with E-state index in [-0.39, 0.29) is 17.3 Å². The highest BCUT2D eigenvalue weighted by Crippen LogP contribution is 2.27. The zero-order chi connectivity index (χ0) is 30.4. The Hall–Kier alpha value is -3.85. The standard InChI is InChI=1S/C32H41N3O5S/c1-8-29(31(37)33-32(4,5)6)34(21-25-13-12-14-27(20-25)40-7)30(36)22-35(26-18-17-23(2)24(3)19-26)41(38,39)28-15-10-9-11-16-28/h9-20,29H,8,21-22H2,1-7H3,(H,33,37). The lowest BCUT2D eigenvalue weighted by Gasteiger charge is -2.35. The molecule has 0 fully saturated rings. The van der Waals surface area contributed by atoms with Gasteiger partial charge in [0.1, 0.15) is 18.3 Å². The van der Waals surface area contributed by atoms with Crippen molar-refractivity contribution in [1.29, 1.82) is 0 Å². The molecule has 3 rings (SSSR count). The van der Waals surface area contributed by atoms with Gasteiger partial charge in [-0.1, -0.05) is 43.3 Å². The van der Waals surface area contributed by atoms with Gasteiger partial charge in [-0.15, -0.1) is 0 Å². The Morgan fingerprint density at radius 3 is 2.20 bits per heavy atom. The molecule has 2 amide bonds. The lowest BCUT2D eigenvalue weighted by Crippen LogP contribution is -2.55. The third-order valence-corrected chi connectivity index (χ3v) is 8.55. The summed E-state index contributed by atoms with van der Waals surface area (Å²) in [6.45, 7) is 10.9. The van der Waals surface area contributed by atoms with Crippen molar-refractivity contribution in [3.63, 3.8) is 0 Å². The van der Waals surface area contributed by atoms with Crippen LogP contribution in [-0.2, 0) is 26.2 Å². The molecule has 0 aliphatic rings. The van der Waals surface area contributed by atoms with E-state index in [1.54, 1.807) is 49.6 Å². The first-order valence-electron chi connectivity index (χ1n) is 13.7. The number of nitrogens with one attached hydrogen (secondary N) is 1. The van der Waals surface area contributed by atoms with Crippen molar-refractivity contribution in [2.45, 2.75) is 71.0 Å².